The molecule has 1 fully saturated rings. The van der Waals surface area contributed by atoms with Crippen LogP contribution >= 0.6 is 24.0 Å². The molecule has 0 spiro atoms. The molecule has 1 aromatic rings. The number of amides is 1. The van der Waals surface area contributed by atoms with Gasteiger partial charge in [-0.15, -0.1) is 24.0 Å². The molecule has 2 rings (SSSR count). The van der Waals surface area contributed by atoms with Gasteiger partial charge in [-0.05, 0) is 43.9 Å². The average Bonchev–Trinajstić information content (AvgIpc) is 2.66. The van der Waals surface area contributed by atoms with Gasteiger partial charge in [0.1, 0.15) is 0 Å². The van der Waals surface area contributed by atoms with Gasteiger partial charge in [0.25, 0.3) is 5.91 Å². The largest absolute Gasteiger partial charge is 0.383 e. The minimum atomic E-state index is 0. The summed E-state index contributed by atoms with van der Waals surface area (Å²) in [5, 5.41) is 6.54. The predicted molar refractivity (Wildman–Crippen MR) is 116 cm³/mol. The van der Waals surface area contributed by atoms with Gasteiger partial charge in [-0.2, -0.15) is 0 Å². The van der Waals surface area contributed by atoms with Crippen LogP contribution in [0.4, 0.5) is 0 Å². The number of nitrogens with zero attached hydrogens (tertiary/aromatic N) is 2. The number of ether oxygens (including phenoxy) is 1. The van der Waals surface area contributed by atoms with Gasteiger partial charge in [0, 0.05) is 45.4 Å². The van der Waals surface area contributed by atoms with E-state index in [2.05, 4.69) is 15.6 Å². The van der Waals surface area contributed by atoms with Crippen LogP contribution in [-0.2, 0) is 11.3 Å². The highest BCUT2D eigenvalue weighted by Gasteiger charge is 2.17. The highest BCUT2D eigenvalue weighted by atomic mass is 127. The van der Waals surface area contributed by atoms with Crippen LogP contribution < -0.4 is 10.6 Å². The zero-order valence-electron chi connectivity index (χ0n) is 16.0. The number of halogens is 1. The number of methoxy groups -OCH3 is 1. The van der Waals surface area contributed by atoms with E-state index in [1.54, 1.807) is 14.2 Å². The van der Waals surface area contributed by atoms with Gasteiger partial charge in [-0.3, -0.25) is 9.79 Å². The molecule has 0 bridgehead atoms. The molecule has 1 unspecified atom stereocenters. The molecule has 1 amide bonds. The lowest BCUT2D eigenvalue weighted by Gasteiger charge is -2.26. The first-order valence-corrected chi connectivity index (χ1v) is 8.98. The third kappa shape index (κ3) is 7.11. The van der Waals surface area contributed by atoms with Gasteiger partial charge in [0.05, 0.1) is 6.61 Å². The van der Waals surface area contributed by atoms with E-state index in [1.807, 2.05) is 36.1 Å². The van der Waals surface area contributed by atoms with Crippen LogP contribution in [0.15, 0.2) is 29.3 Å². The van der Waals surface area contributed by atoms with Crippen molar-refractivity contribution in [1.82, 2.24) is 15.5 Å². The summed E-state index contributed by atoms with van der Waals surface area (Å²) in [4.78, 5) is 18.6. The molecule has 1 saturated heterocycles. The van der Waals surface area contributed by atoms with E-state index < -0.39 is 0 Å². The van der Waals surface area contributed by atoms with Gasteiger partial charge in [0.15, 0.2) is 5.96 Å². The lowest BCUT2D eigenvalue weighted by molar-refractivity contribution is 0.0724. The minimum Gasteiger partial charge on any atom is -0.383 e. The third-order valence-corrected chi connectivity index (χ3v) is 4.33. The van der Waals surface area contributed by atoms with Crippen molar-refractivity contribution >= 4 is 35.8 Å². The number of aliphatic imine (C=N–C) groups is 1. The van der Waals surface area contributed by atoms with Crippen LogP contribution in [0, 0.1) is 0 Å². The fraction of sp³-hybridized carbons (Fsp3) is 0.579. The van der Waals surface area contributed by atoms with Gasteiger partial charge in [-0.1, -0.05) is 12.1 Å². The van der Waals surface area contributed by atoms with Crippen molar-refractivity contribution in [3.63, 3.8) is 0 Å². The molecule has 1 atom stereocenters. The maximum absolute atomic E-state index is 12.5. The number of piperidine rings is 1. The third-order valence-electron chi connectivity index (χ3n) is 4.33. The zero-order chi connectivity index (χ0) is 18.1. The fourth-order valence-electron chi connectivity index (χ4n) is 2.95. The number of nitrogens with one attached hydrogen (secondary N) is 2. The lowest BCUT2D eigenvalue weighted by atomic mass is 10.1. The highest BCUT2D eigenvalue weighted by molar-refractivity contribution is 14.0. The molecule has 0 aromatic heterocycles. The van der Waals surface area contributed by atoms with Crippen LogP contribution in [0.25, 0.3) is 0 Å². The Hall–Kier alpha value is -1.35. The van der Waals surface area contributed by atoms with Crippen molar-refractivity contribution in [2.45, 2.75) is 38.8 Å². The van der Waals surface area contributed by atoms with Crippen LogP contribution in [0.1, 0.15) is 42.1 Å². The topological polar surface area (TPSA) is 66.0 Å². The van der Waals surface area contributed by atoms with Crippen molar-refractivity contribution < 1.29 is 9.53 Å². The van der Waals surface area contributed by atoms with Gasteiger partial charge >= 0.3 is 0 Å². The summed E-state index contributed by atoms with van der Waals surface area (Å²) in [7, 11) is 3.43. The molecule has 7 heteroatoms. The van der Waals surface area contributed by atoms with Crippen molar-refractivity contribution in [3.05, 3.63) is 35.4 Å². The summed E-state index contributed by atoms with van der Waals surface area (Å²) < 4.78 is 5.12. The van der Waals surface area contributed by atoms with E-state index in [0.717, 1.165) is 43.0 Å². The Balaban J connectivity index is 0.00000338. The molecule has 0 radical (unpaired) electrons. The number of hydrogen-bond acceptors (Lipinski definition) is 3. The molecular weight excluding hydrogens is 443 g/mol. The van der Waals surface area contributed by atoms with Crippen molar-refractivity contribution in [1.29, 1.82) is 0 Å². The number of hydrogen-bond donors (Lipinski definition) is 2. The van der Waals surface area contributed by atoms with Crippen LogP contribution in [0.3, 0.4) is 0 Å². The number of guanidine groups is 1. The van der Waals surface area contributed by atoms with E-state index >= 15 is 0 Å². The molecule has 1 aliphatic rings. The summed E-state index contributed by atoms with van der Waals surface area (Å²) in [5.41, 5.74) is 1.87. The zero-order valence-corrected chi connectivity index (χ0v) is 18.3. The summed E-state index contributed by atoms with van der Waals surface area (Å²) in [6, 6.07) is 8.00. The van der Waals surface area contributed by atoms with Gasteiger partial charge < -0.3 is 20.3 Å². The number of carbonyl (C=O) groups excluding carboxylic acids is 1. The molecule has 1 heterocycles. The second-order valence-corrected chi connectivity index (χ2v) is 6.48. The Morgan fingerprint density at radius 2 is 1.88 bits per heavy atom. The van der Waals surface area contributed by atoms with Crippen LogP contribution in [-0.4, -0.2) is 56.7 Å². The first-order valence-electron chi connectivity index (χ1n) is 8.98. The first kappa shape index (κ1) is 22.7. The summed E-state index contributed by atoms with van der Waals surface area (Å²) in [5.74, 6) is 0.878. The molecule has 0 saturated carbocycles. The molecule has 1 aliphatic heterocycles. The molecule has 26 heavy (non-hydrogen) atoms. The van der Waals surface area contributed by atoms with Gasteiger partial charge in [-0.25, -0.2) is 0 Å². The van der Waals surface area contributed by atoms with Crippen LogP contribution in [0.2, 0.25) is 0 Å². The van der Waals surface area contributed by atoms with E-state index in [4.69, 9.17) is 4.74 Å². The maximum Gasteiger partial charge on any atom is 0.253 e. The lowest BCUT2D eigenvalue weighted by Crippen LogP contribution is -2.43. The number of likely N-dealkylation sites (tertiary alicyclic amines) is 1. The second-order valence-electron chi connectivity index (χ2n) is 6.48. The van der Waals surface area contributed by atoms with Crippen molar-refractivity contribution in [2.75, 3.05) is 33.9 Å². The summed E-state index contributed by atoms with van der Waals surface area (Å²) in [6.07, 6.45) is 3.45. The number of rotatable bonds is 6. The number of benzene rings is 1. The van der Waals surface area contributed by atoms with Crippen LogP contribution in [0.5, 0.6) is 0 Å². The predicted octanol–water partition coefficient (Wildman–Crippen LogP) is 2.63. The average molecular weight is 474 g/mol. The van der Waals surface area contributed by atoms with E-state index in [0.29, 0.717) is 13.2 Å². The second kappa shape index (κ2) is 12.1. The standard InChI is InChI=1S/C19H30N4O2.HI/c1-15(14-25-3)22-19(20-2)21-13-16-7-9-17(10-8-16)18(24)23-11-5-4-6-12-23;/h7-10,15H,4-6,11-14H2,1-3H3,(H2,20,21,22);1H. The molecule has 146 valence electrons. The monoisotopic (exact) mass is 474 g/mol. The highest BCUT2D eigenvalue weighted by Crippen LogP contribution is 2.13. The Kier molecular flexibility index (Phi) is 10.6. The Morgan fingerprint density at radius 1 is 1.23 bits per heavy atom. The van der Waals surface area contributed by atoms with E-state index in [9.17, 15) is 4.79 Å². The summed E-state index contributed by atoms with van der Waals surface area (Å²) in [6.45, 7) is 5.07. The fourth-order valence-corrected chi connectivity index (χ4v) is 2.95. The first-order chi connectivity index (χ1) is 12.1. The van der Waals surface area contributed by atoms with E-state index in [1.165, 1.54) is 6.42 Å². The van der Waals surface area contributed by atoms with Crippen molar-refractivity contribution in [3.8, 4) is 0 Å². The normalized spacial score (nSPS) is 15.8. The quantitative estimate of drug-likeness (QED) is 0.378. The minimum absolute atomic E-state index is 0. The Bertz CT molecular complexity index is 571. The molecule has 6 nitrogen and oxygen atoms in total. The SMILES string of the molecule is CN=C(NCc1ccc(C(=O)N2CCCCC2)cc1)NC(C)COC.I. The summed E-state index contributed by atoms with van der Waals surface area (Å²) >= 11 is 0. The molecule has 1 aromatic carbocycles. The molecule has 0 aliphatic carbocycles. The molecular formula is C19H31IN4O2. The van der Waals surface area contributed by atoms with Gasteiger partial charge in [0.2, 0.25) is 0 Å². The maximum atomic E-state index is 12.5. The van der Waals surface area contributed by atoms with Crippen molar-refractivity contribution in [2.24, 2.45) is 4.99 Å². The Morgan fingerprint density at radius 3 is 2.46 bits per heavy atom. The molecule has 2 N–H and O–H groups in total. The number of carbonyl (C=O) groups is 1. The Labute approximate surface area is 173 Å². The van der Waals surface area contributed by atoms with E-state index in [-0.39, 0.29) is 35.9 Å². The smallest absolute Gasteiger partial charge is 0.253 e.